The smallest absolute Gasteiger partial charge is 0.261 e. The minimum absolute atomic E-state index is 0.00405. The molecule has 0 aliphatic heterocycles. The summed E-state index contributed by atoms with van der Waals surface area (Å²) in [6.07, 6.45) is 5.75. The first-order chi connectivity index (χ1) is 18.3. The highest BCUT2D eigenvalue weighted by molar-refractivity contribution is 5.99. The molecule has 9 nitrogen and oxygen atoms in total. The van der Waals surface area contributed by atoms with Gasteiger partial charge < -0.3 is 15.2 Å². The van der Waals surface area contributed by atoms with E-state index in [0.717, 1.165) is 6.42 Å². The molecule has 5 rings (SSSR count). The number of aromatic nitrogens is 4. The second kappa shape index (κ2) is 10.1. The number of amides is 2. The Morgan fingerprint density at radius 1 is 1.08 bits per heavy atom. The Bertz CT molecular complexity index is 1500. The van der Waals surface area contributed by atoms with Crippen LogP contribution in [0, 0.1) is 18.6 Å². The fourth-order valence-electron chi connectivity index (χ4n) is 4.48. The van der Waals surface area contributed by atoms with Crippen molar-refractivity contribution in [2.75, 3.05) is 0 Å². The molecule has 1 fully saturated rings. The summed E-state index contributed by atoms with van der Waals surface area (Å²) >= 11 is 0. The zero-order valence-electron chi connectivity index (χ0n) is 20.7. The minimum atomic E-state index is -1.09. The van der Waals surface area contributed by atoms with Crippen LogP contribution in [0.4, 0.5) is 8.78 Å². The van der Waals surface area contributed by atoms with Crippen molar-refractivity contribution in [1.82, 2.24) is 30.7 Å². The Morgan fingerprint density at radius 3 is 2.47 bits per heavy atom. The molecular formula is C27H24F2N6O3. The van der Waals surface area contributed by atoms with E-state index in [2.05, 4.69) is 30.7 Å². The van der Waals surface area contributed by atoms with Crippen molar-refractivity contribution in [2.45, 2.75) is 44.7 Å². The molecule has 2 heterocycles. The molecule has 194 valence electrons. The number of carbonyl (C=O) groups is 2. The topological polar surface area (TPSA) is 123 Å². The van der Waals surface area contributed by atoms with E-state index in [1.165, 1.54) is 43.0 Å². The molecule has 38 heavy (non-hydrogen) atoms. The lowest BCUT2D eigenvalue weighted by molar-refractivity contribution is -0.131. The minimum Gasteiger partial charge on any atom is -0.347 e. The van der Waals surface area contributed by atoms with E-state index < -0.39 is 35.0 Å². The molecule has 0 radical (unpaired) electrons. The maximum Gasteiger partial charge on any atom is 0.261 e. The summed E-state index contributed by atoms with van der Waals surface area (Å²) in [6, 6.07) is 8.17. The molecule has 0 unspecified atom stereocenters. The van der Waals surface area contributed by atoms with Crippen LogP contribution in [0.2, 0.25) is 0 Å². The Kier molecular flexibility index (Phi) is 6.66. The molecule has 2 aromatic heterocycles. The van der Waals surface area contributed by atoms with Gasteiger partial charge in [-0.05, 0) is 56.4 Å². The van der Waals surface area contributed by atoms with Gasteiger partial charge in [0.1, 0.15) is 23.5 Å². The molecule has 11 heteroatoms. The van der Waals surface area contributed by atoms with Crippen molar-refractivity contribution in [2.24, 2.45) is 0 Å². The van der Waals surface area contributed by atoms with E-state index in [1.54, 1.807) is 26.0 Å². The molecule has 1 atom stereocenters. The van der Waals surface area contributed by atoms with Crippen molar-refractivity contribution < 1.29 is 22.9 Å². The van der Waals surface area contributed by atoms with Crippen molar-refractivity contribution in [3.8, 4) is 22.6 Å². The molecule has 0 bridgehead atoms. The summed E-state index contributed by atoms with van der Waals surface area (Å²) in [6.45, 7) is 3.27. The molecule has 4 aromatic rings. The van der Waals surface area contributed by atoms with Gasteiger partial charge in [0.2, 0.25) is 5.91 Å². The highest BCUT2D eigenvalue weighted by atomic mass is 19.1. The van der Waals surface area contributed by atoms with E-state index in [9.17, 15) is 14.0 Å². The average molecular weight is 519 g/mol. The van der Waals surface area contributed by atoms with Crippen LogP contribution in [-0.4, -0.2) is 37.5 Å². The lowest BCUT2D eigenvalue weighted by Gasteiger charge is -2.41. The van der Waals surface area contributed by atoms with Crippen LogP contribution in [0.1, 0.15) is 54.0 Å². The summed E-state index contributed by atoms with van der Waals surface area (Å²) in [5, 5.41) is 9.34. The zero-order valence-corrected chi connectivity index (χ0v) is 20.7. The lowest BCUT2D eigenvalue weighted by Crippen LogP contribution is -2.63. The number of nitrogens with zero attached hydrogens (tertiary/aromatic N) is 4. The van der Waals surface area contributed by atoms with Crippen molar-refractivity contribution >= 4 is 11.8 Å². The van der Waals surface area contributed by atoms with Crippen LogP contribution in [0.5, 0.6) is 0 Å². The van der Waals surface area contributed by atoms with E-state index in [0.29, 0.717) is 29.8 Å². The van der Waals surface area contributed by atoms with Crippen LogP contribution in [-0.2, 0) is 4.79 Å². The molecule has 1 saturated carbocycles. The number of benzene rings is 2. The molecule has 0 saturated heterocycles. The van der Waals surface area contributed by atoms with Gasteiger partial charge in [0.25, 0.3) is 11.8 Å². The van der Waals surface area contributed by atoms with Crippen molar-refractivity contribution in [1.29, 1.82) is 0 Å². The van der Waals surface area contributed by atoms with Gasteiger partial charge in [-0.25, -0.2) is 18.7 Å². The quantitative estimate of drug-likeness (QED) is 0.374. The average Bonchev–Trinajstić information content (AvgIpc) is 3.31. The fraction of sp³-hybridized carbons (Fsp3) is 0.259. The second-order valence-electron chi connectivity index (χ2n) is 9.26. The predicted molar refractivity (Wildman–Crippen MR) is 132 cm³/mol. The fourth-order valence-corrected chi connectivity index (χ4v) is 4.48. The lowest BCUT2D eigenvalue weighted by atomic mass is 9.75. The Morgan fingerprint density at radius 2 is 1.84 bits per heavy atom. The summed E-state index contributed by atoms with van der Waals surface area (Å²) in [7, 11) is 0. The van der Waals surface area contributed by atoms with Gasteiger partial charge in [-0.15, -0.1) is 0 Å². The van der Waals surface area contributed by atoms with Gasteiger partial charge in [-0.3, -0.25) is 9.59 Å². The maximum absolute atomic E-state index is 15.3. The molecule has 2 N–H and O–H groups in total. The molecule has 0 spiro atoms. The van der Waals surface area contributed by atoms with Gasteiger partial charge in [-0.2, -0.15) is 4.98 Å². The first-order valence-corrected chi connectivity index (χ1v) is 12.0. The van der Waals surface area contributed by atoms with Crippen molar-refractivity contribution in [3.05, 3.63) is 83.7 Å². The van der Waals surface area contributed by atoms with E-state index >= 15 is 4.39 Å². The van der Waals surface area contributed by atoms with Gasteiger partial charge in [0.05, 0.1) is 17.2 Å². The third-order valence-corrected chi connectivity index (χ3v) is 6.70. The van der Waals surface area contributed by atoms with E-state index in [-0.39, 0.29) is 22.6 Å². The SMILES string of the molecule is Cc1noc(-c2c(F)cccc2-c2ccc([C@@H](C)NC(=O)C3(NC(=O)c4cncnc4)CCC3)c(F)c2)n1. The number of halogens is 2. The van der Waals surface area contributed by atoms with Crippen LogP contribution in [0.25, 0.3) is 22.6 Å². The Hall–Kier alpha value is -4.54. The molecule has 2 aromatic carbocycles. The van der Waals surface area contributed by atoms with E-state index in [1.807, 2.05) is 0 Å². The van der Waals surface area contributed by atoms with Crippen molar-refractivity contribution in [3.63, 3.8) is 0 Å². The van der Waals surface area contributed by atoms with Gasteiger partial charge >= 0.3 is 0 Å². The standard InChI is InChI=1S/C27H24F2N6O3/c1-15(32-26(37)27(9-4-10-27)34-24(36)18-12-30-14-31-13-18)19-8-7-17(11-22(19)29)20-5-3-6-21(28)23(20)25-33-16(2)35-38-25/h3,5-8,11-15H,4,9-10H2,1-2H3,(H,32,37)(H,34,36)/t15-/m1/s1. The summed E-state index contributed by atoms with van der Waals surface area (Å²) in [5.41, 5.74) is 0.267. The third kappa shape index (κ3) is 4.74. The first kappa shape index (κ1) is 25.1. The van der Waals surface area contributed by atoms with Gasteiger partial charge in [0, 0.05) is 18.0 Å². The number of hydrogen-bond acceptors (Lipinski definition) is 7. The van der Waals surface area contributed by atoms with Crippen LogP contribution in [0.3, 0.4) is 0 Å². The highest BCUT2D eigenvalue weighted by Crippen LogP contribution is 2.36. The number of rotatable bonds is 7. The van der Waals surface area contributed by atoms with Crippen LogP contribution < -0.4 is 10.6 Å². The van der Waals surface area contributed by atoms with Gasteiger partial charge in [-0.1, -0.05) is 29.4 Å². The summed E-state index contributed by atoms with van der Waals surface area (Å²) in [4.78, 5) is 37.6. The second-order valence-corrected chi connectivity index (χ2v) is 9.26. The predicted octanol–water partition coefficient (Wildman–Crippen LogP) is 4.31. The van der Waals surface area contributed by atoms with Crippen LogP contribution in [0.15, 0.2) is 59.6 Å². The third-order valence-electron chi connectivity index (χ3n) is 6.70. The monoisotopic (exact) mass is 518 g/mol. The van der Waals surface area contributed by atoms with Crippen LogP contribution >= 0.6 is 0 Å². The number of carbonyl (C=O) groups excluding carboxylic acids is 2. The van der Waals surface area contributed by atoms with E-state index in [4.69, 9.17) is 4.52 Å². The first-order valence-electron chi connectivity index (χ1n) is 12.0. The Balaban J connectivity index is 1.35. The number of aryl methyl sites for hydroxylation is 1. The normalized spacial score (nSPS) is 14.8. The Labute approximate surface area is 216 Å². The molecule has 2 amide bonds. The largest absolute Gasteiger partial charge is 0.347 e. The maximum atomic E-state index is 15.3. The number of nitrogens with one attached hydrogen (secondary N) is 2. The molecular weight excluding hydrogens is 494 g/mol. The molecule has 1 aliphatic rings. The number of hydrogen-bond donors (Lipinski definition) is 2. The summed E-state index contributed by atoms with van der Waals surface area (Å²) in [5.74, 6) is -1.67. The highest BCUT2D eigenvalue weighted by Gasteiger charge is 2.46. The zero-order chi connectivity index (χ0) is 26.9. The van der Waals surface area contributed by atoms with Gasteiger partial charge in [0.15, 0.2) is 5.82 Å². The summed E-state index contributed by atoms with van der Waals surface area (Å²) < 4.78 is 35.2. The molecule has 1 aliphatic carbocycles.